The fourth-order valence-corrected chi connectivity index (χ4v) is 1.23. The number of rotatable bonds is 1. The molecule has 0 spiro atoms. The molecule has 0 saturated heterocycles. The topological polar surface area (TPSA) is 12.9 Å². The normalized spacial score (nSPS) is 14.7. The van der Waals surface area contributed by atoms with Crippen molar-refractivity contribution in [1.82, 2.24) is 4.98 Å². The molecule has 0 N–H and O–H groups in total. The first kappa shape index (κ1) is 5.30. The van der Waals surface area contributed by atoms with Crippen LogP contribution in [0.15, 0.2) is 42.6 Å². The predicted octanol–water partition coefficient (Wildman–Crippen LogP) is 3.37. The van der Waals surface area contributed by atoms with Crippen LogP contribution in [0, 0.1) is 13.8 Å². The van der Waals surface area contributed by atoms with Crippen molar-refractivity contribution in [2.45, 2.75) is 13.8 Å². The minimum atomic E-state index is -1.01. The molecule has 0 aliphatic heterocycles. The van der Waals surface area contributed by atoms with E-state index in [1.165, 1.54) is 6.20 Å². The van der Waals surface area contributed by atoms with E-state index in [2.05, 4.69) is 4.98 Å². The van der Waals surface area contributed by atoms with Crippen molar-refractivity contribution in [2.24, 2.45) is 0 Å². The molecule has 0 aliphatic rings. The molecule has 0 atom stereocenters. The maximum Gasteiger partial charge on any atom is 0.0702 e. The van der Waals surface area contributed by atoms with E-state index in [0.717, 1.165) is 11.3 Å². The Labute approximate surface area is 90.1 Å². The summed E-state index contributed by atoms with van der Waals surface area (Å²) in [6.45, 7) is -1.98. The first-order valence-electron chi connectivity index (χ1n) is 6.64. The third-order valence-corrected chi connectivity index (χ3v) is 1.99. The molecule has 0 radical (unpaired) electrons. The van der Waals surface area contributed by atoms with E-state index < -0.39 is 13.8 Å². The molecule has 1 heterocycles. The summed E-state index contributed by atoms with van der Waals surface area (Å²) in [6.07, 6.45) is 1.53. The second-order valence-electron chi connectivity index (χ2n) is 3.10. The van der Waals surface area contributed by atoms with Gasteiger partial charge in [0.05, 0.1) is 5.69 Å². The van der Waals surface area contributed by atoms with Crippen molar-refractivity contribution in [1.29, 1.82) is 0 Å². The first-order chi connectivity index (χ1) is 8.58. The molecule has 0 amide bonds. The van der Waals surface area contributed by atoms with Crippen molar-refractivity contribution in [2.75, 3.05) is 0 Å². The van der Waals surface area contributed by atoms with Gasteiger partial charge in [0.2, 0.25) is 0 Å². The fraction of sp³-hybridized carbons (Fsp3) is 0.154. The third-order valence-electron chi connectivity index (χ3n) is 1.99. The summed E-state index contributed by atoms with van der Waals surface area (Å²) in [7, 11) is 0. The highest BCUT2D eigenvalue weighted by atomic mass is 14.7. The summed E-state index contributed by atoms with van der Waals surface area (Å²) in [5, 5.41) is 0. The Balaban J connectivity index is 2.25. The lowest BCUT2D eigenvalue weighted by molar-refractivity contribution is 1.27. The Bertz CT molecular complexity index is 456. The van der Waals surface area contributed by atoms with Gasteiger partial charge in [0.15, 0.2) is 0 Å². The molecule has 0 saturated carbocycles. The minimum Gasteiger partial charge on any atom is -0.256 e. The summed E-state index contributed by atoms with van der Waals surface area (Å²) in [5.74, 6) is 0. The SMILES string of the molecule is [2H]C([2H])c1ccc(-c2ccc(C([2H])[2H])cn2)cc1. The van der Waals surface area contributed by atoms with Crippen LogP contribution in [0.2, 0.25) is 0 Å². The molecule has 0 bridgehead atoms. The van der Waals surface area contributed by atoms with Crippen LogP contribution in [0.4, 0.5) is 0 Å². The van der Waals surface area contributed by atoms with Gasteiger partial charge < -0.3 is 0 Å². The lowest BCUT2D eigenvalue weighted by Gasteiger charge is -2.01. The van der Waals surface area contributed by atoms with E-state index >= 15 is 0 Å². The fourth-order valence-electron chi connectivity index (χ4n) is 1.23. The third kappa shape index (κ3) is 1.82. The Morgan fingerprint density at radius 3 is 2.21 bits per heavy atom. The van der Waals surface area contributed by atoms with E-state index in [0.29, 0.717) is 11.1 Å². The summed E-state index contributed by atoms with van der Waals surface area (Å²) in [4.78, 5) is 4.21. The zero-order valence-electron chi connectivity index (χ0n) is 11.6. The Hall–Kier alpha value is -1.63. The molecule has 1 heteroatoms. The van der Waals surface area contributed by atoms with Crippen LogP contribution >= 0.6 is 0 Å². The lowest BCUT2D eigenvalue weighted by atomic mass is 10.1. The maximum atomic E-state index is 7.28. The van der Waals surface area contributed by atoms with E-state index in [-0.39, 0.29) is 0 Å². The number of nitrogens with zero attached hydrogens (tertiary/aromatic N) is 1. The van der Waals surface area contributed by atoms with Crippen LogP contribution in [-0.2, 0) is 0 Å². The van der Waals surface area contributed by atoms with Crippen molar-refractivity contribution in [3.8, 4) is 11.3 Å². The molecular weight excluding hydrogens is 170 g/mol. The van der Waals surface area contributed by atoms with Crippen LogP contribution in [0.3, 0.4) is 0 Å². The van der Waals surface area contributed by atoms with Gasteiger partial charge in [-0.15, -0.1) is 0 Å². The van der Waals surface area contributed by atoms with Crippen LogP contribution < -0.4 is 0 Å². The van der Waals surface area contributed by atoms with Gasteiger partial charge in [0.1, 0.15) is 0 Å². The van der Waals surface area contributed by atoms with Gasteiger partial charge in [0, 0.05) is 17.2 Å². The minimum absolute atomic E-state index is 0.563. The number of aryl methyl sites for hydroxylation is 2. The summed E-state index contributed by atoms with van der Waals surface area (Å²) < 4.78 is 29.1. The number of benzene rings is 1. The second-order valence-corrected chi connectivity index (χ2v) is 3.10. The highest BCUT2D eigenvalue weighted by Gasteiger charge is 1.97. The Kier molecular flexibility index (Phi) is 1.37. The van der Waals surface area contributed by atoms with Gasteiger partial charge in [-0.05, 0) is 25.4 Å². The molecule has 0 unspecified atom stereocenters. The van der Waals surface area contributed by atoms with Crippen molar-refractivity contribution in [3.05, 3.63) is 53.7 Å². The molecule has 0 fully saturated rings. The average Bonchev–Trinajstić information content (AvgIpc) is 2.39. The van der Waals surface area contributed by atoms with Crippen LogP contribution in [0.5, 0.6) is 0 Å². The molecule has 2 rings (SSSR count). The first-order valence-corrected chi connectivity index (χ1v) is 4.33. The standard InChI is InChI=1S/C13H13N/c1-10-3-6-12(7-4-10)13-8-5-11(2)9-14-13/h3-9H,1-2H3/i1D2,2D2. The van der Waals surface area contributed by atoms with Gasteiger partial charge in [0.25, 0.3) is 0 Å². The zero-order valence-corrected chi connectivity index (χ0v) is 7.64. The van der Waals surface area contributed by atoms with E-state index in [1.54, 1.807) is 24.3 Å². The van der Waals surface area contributed by atoms with Crippen LogP contribution in [-0.4, -0.2) is 4.98 Å². The smallest absolute Gasteiger partial charge is 0.0702 e. The molecular formula is C13H13N. The zero-order chi connectivity index (χ0) is 13.1. The van der Waals surface area contributed by atoms with Gasteiger partial charge in [-0.3, -0.25) is 4.98 Å². The number of hydrogen-bond acceptors (Lipinski definition) is 1. The van der Waals surface area contributed by atoms with Crippen LogP contribution in [0.1, 0.15) is 16.6 Å². The largest absolute Gasteiger partial charge is 0.256 e. The van der Waals surface area contributed by atoms with Crippen molar-refractivity contribution in [3.63, 3.8) is 0 Å². The van der Waals surface area contributed by atoms with E-state index in [1.807, 2.05) is 12.1 Å². The van der Waals surface area contributed by atoms with E-state index in [9.17, 15) is 0 Å². The van der Waals surface area contributed by atoms with Gasteiger partial charge in [-0.2, -0.15) is 0 Å². The summed E-state index contributed by atoms with van der Waals surface area (Å²) >= 11 is 0. The predicted molar refractivity (Wildman–Crippen MR) is 59.1 cm³/mol. The molecule has 70 valence electrons. The van der Waals surface area contributed by atoms with Crippen molar-refractivity contribution >= 4 is 0 Å². The maximum absolute atomic E-state index is 7.28. The molecule has 1 aromatic carbocycles. The molecule has 2 aromatic rings. The quantitative estimate of drug-likeness (QED) is 0.667. The Morgan fingerprint density at radius 2 is 1.64 bits per heavy atom. The molecule has 1 aromatic heterocycles. The van der Waals surface area contributed by atoms with E-state index in [4.69, 9.17) is 5.48 Å². The Morgan fingerprint density at radius 1 is 0.929 bits per heavy atom. The number of pyridine rings is 1. The molecule has 1 nitrogen and oxygen atoms in total. The number of aromatic nitrogens is 1. The molecule has 0 aliphatic carbocycles. The second kappa shape index (κ2) is 3.62. The van der Waals surface area contributed by atoms with Gasteiger partial charge >= 0.3 is 0 Å². The van der Waals surface area contributed by atoms with Crippen molar-refractivity contribution < 1.29 is 5.48 Å². The summed E-state index contributed by atoms with van der Waals surface area (Å²) in [6, 6.07) is 10.6. The highest BCUT2D eigenvalue weighted by molar-refractivity contribution is 5.59. The lowest BCUT2D eigenvalue weighted by Crippen LogP contribution is -1.83. The average molecular weight is 187 g/mol. The van der Waals surface area contributed by atoms with Crippen LogP contribution in [0.25, 0.3) is 11.3 Å². The van der Waals surface area contributed by atoms with Gasteiger partial charge in [-0.25, -0.2) is 0 Å². The number of hydrogen-bond donors (Lipinski definition) is 0. The summed E-state index contributed by atoms with van der Waals surface area (Å²) in [5.41, 5.74) is 2.87. The van der Waals surface area contributed by atoms with Gasteiger partial charge in [-0.1, -0.05) is 35.9 Å². The highest BCUT2D eigenvalue weighted by Crippen LogP contribution is 2.17. The molecule has 14 heavy (non-hydrogen) atoms. The monoisotopic (exact) mass is 187 g/mol.